The molecule has 43 heavy (non-hydrogen) atoms. The molecule has 1 aromatic heterocycles. The molecule has 3 amide bonds. The lowest BCUT2D eigenvalue weighted by Gasteiger charge is -2.27. The second-order valence-electron chi connectivity index (χ2n) is 11.8. The minimum Gasteiger partial charge on any atom is -0.444 e. The lowest BCUT2D eigenvalue weighted by molar-refractivity contribution is 0.0635. The fraction of sp³-hybridized carbons (Fsp3) is 0.344. The molecule has 0 bridgehead atoms. The molecule has 0 saturated carbocycles. The van der Waals surface area contributed by atoms with E-state index < -0.39 is 17.8 Å². The number of ether oxygens (including phenoxy) is 2. The summed E-state index contributed by atoms with van der Waals surface area (Å²) in [5.74, 6) is 0.286. The van der Waals surface area contributed by atoms with Crippen molar-refractivity contribution in [1.29, 1.82) is 0 Å². The molecule has 0 radical (unpaired) electrons. The smallest absolute Gasteiger partial charge is 0.415 e. The van der Waals surface area contributed by atoms with Crippen molar-refractivity contribution in [2.75, 3.05) is 48.3 Å². The number of halogens is 1. The molecule has 0 unspecified atom stereocenters. The van der Waals surface area contributed by atoms with Crippen LogP contribution in [0.4, 0.5) is 21.0 Å². The quantitative estimate of drug-likeness (QED) is 0.227. The highest BCUT2D eigenvalue weighted by atomic mass is 79.9. The number of amides is 3. The van der Waals surface area contributed by atoms with Crippen LogP contribution in [-0.2, 0) is 4.74 Å². The third-order valence-corrected chi connectivity index (χ3v) is 8.41. The molecule has 3 aromatic carbocycles. The van der Waals surface area contributed by atoms with Gasteiger partial charge >= 0.3 is 12.2 Å². The Morgan fingerprint density at radius 1 is 1.02 bits per heavy atom. The number of carbonyl (C=O) groups is 3. The zero-order valence-electron chi connectivity index (χ0n) is 24.3. The first-order chi connectivity index (χ1) is 20.6. The van der Waals surface area contributed by atoms with Gasteiger partial charge in [-0.05, 0) is 56.0 Å². The fourth-order valence-corrected chi connectivity index (χ4v) is 6.24. The van der Waals surface area contributed by atoms with Gasteiger partial charge in [0.25, 0.3) is 5.91 Å². The third-order valence-electron chi connectivity index (χ3n) is 7.63. The second kappa shape index (κ2) is 11.5. The molecular formula is C32H34BrN5O5. The Morgan fingerprint density at radius 2 is 1.77 bits per heavy atom. The summed E-state index contributed by atoms with van der Waals surface area (Å²) >= 11 is 3.66. The molecule has 1 fully saturated rings. The van der Waals surface area contributed by atoms with Gasteiger partial charge < -0.3 is 29.6 Å². The van der Waals surface area contributed by atoms with Crippen molar-refractivity contribution >= 4 is 67.1 Å². The number of benzene rings is 3. The van der Waals surface area contributed by atoms with Crippen LogP contribution in [0.2, 0.25) is 0 Å². The van der Waals surface area contributed by atoms with Crippen LogP contribution in [0, 0.1) is 0 Å². The topological polar surface area (TPSA) is 116 Å². The van der Waals surface area contributed by atoms with Gasteiger partial charge in [0.1, 0.15) is 17.0 Å². The van der Waals surface area contributed by atoms with Gasteiger partial charge in [-0.1, -0.05) is 40.2 Å². The average Bonchev–Trinajstić information content (AvgIpc) is 3.58. The van der Waals surface area contributed by atoms with Crippen molar-refractivity contribution < 1.29 is 23.9 Å². The maximum atomic E-state index is 14.0. The van der Waals surface area contributed by atoms with Crippen LogP contribution >= 0.6 is 15.9 Å². The SMILES string of the molecule is CC(C)(C)OC(=O)Nc1ccc2[nH]c(C(=O)N3C[C@@H](CBr)c4c3cc(OC(=O)N3CCNCC3)c3ccccc43)cc2c1. The van der Waals surface area contributed by atoms with Crippen LogP contribution in [0.15, 0.2) is 54.6 Å². The van der Waals surface area contributed by atoms with E-state index in [1.54, 1.807) is 48.8 Å². The number of nitrogens with zero attached hydrogens (tertiary/aromatic N) is 2. The number of fused-ring (bicyclic) bond motifs is 4. The number of carbonyl (C=O) groups excluding carboxylic acids is 3. The normalized spacial score (nSPS) is 16.8. The zero-order chi connectivity index (χ0) is 30.3. The minimum absolute atomic E-state index is 0.0516. The Labute approximate surface area is 257 Å². The van der Waals surface area contributed by atoms with Crippen LogP contribution in [0.1, 0.15) is 42.7 Å². The van der Waals surface area contributed by atoms with E-state index in [1.807, 2.05) is 36.4 Å². The summed E-state index contributed by atoms with van der Waals surface area (Å²) in [7, 11) is 0. The van der Waals surface area contributed by atoms with Gasteiger partial charge in [0, 0.05) is 72.0 Å². The Balaban J connectivity index is 1.32. The number of alkyl halides is 1. The molecule has 2 aliphatic heterocycles. The van der Waals surface area contributed by atoms with E-state index in [0.717, 1.165) is 46.0 Å². The van der Waals surface area contributed by atoms with Crippen molar-refractivity contribution in [3.63, 3.8) is 0 Å². The number of hydrogen-bond acceptors (Lipinski definition) is 6. The van der Waals surface area contributed by atoms with Gasteiger partial charge in [-0.25, -0.2) is 9.59 Å². The molecule has 3 N–H and O–H groups in total. The first-order valence-corrected chi connectivity index (χ1v) is 15.5. The highest BCUT2D eigenvalue weighted by molar-refractivity contribution is 9.09. The lowest BCUT2D eigenvalue weighted by atomic mass is 9.95. The van der Waals surface area contributed by atoms with Crippen LogP contribution < -0.4 is 20.3 Å². The largest absolute Gasteiger partial charge is 0.444 e. The molecule has 1 saturated heterocycles. The van der Waals surface area contributed by atoms with E-state index in [0.29, 0.717) is 42.1 Å². The fourth-order valence-electron chi connectivity index (χ4n) is 5.71. The van der Waals surface area contributed by atoms with E-state index in [9.17, 15) is 14.4 Å². The monoisotopic (exact) mass is 647 g/mol. The summed E-state index contributed by atoms with van der Waals surface area (Å²) in [6.07, 6.45) is -0.945. The molecule has 3 heterocycles. The summed E-state index contributed by atoms with van der Waals surface area (Å²) in [6.45, 7) is 8.48. The van der Waals surface area contributed by atoms with Gasteiger partial charge in [0.15, 0.2) is 0 Å². The van der Waals surface area contributed by atoms with E-state index >= 15 is 0 Å². The molecule has 224 valence electrons. The molecule has 6 rings (SSSR count). The third kappa shape index (κ3) is 5.92. The number of aromatic amines is 1. The maximum absolute atomic E-state index is 14.0. The Hall–Kier alpha value is -4.09. The molecular weight excluding hydrogens is 614 g/mol. The molecule has 2 aliphatic rings. The Morgan fingerprint density at radius 3 is 2.49 bits per heavy atom. The number of nitrogens with one attached hydrogen (secondary N) is 3. The number of aromatic nitrogens is 1. The van der Waals surface area contributed by atoms with Crippen molar-refractivity contribution in [2.45, 2.75) is 32.3 Å². The van der Waals surface area contributed by atoms with Crippen molar-refractivity contribution in [1.82, 2.24) is 15.2 Å². The molecule has 11 heteroatoms. The first-order valence-electron chi connectivity index (χ1n) is 14.3. The first kappa shape index (κ1) is 29.0. The van der Waals surface area contributed by atoms with Crippen molar-refractivity contribution in [3.8, 4) is 5.75 Å². The number of piperazine rings is 1. The Bertz CT molecular complexity index is 1720. The number of rotatable bonds is 4. The van der Waals surface area contributed by atoms with Gasteiger partial charge in [0.05, 0.1) is 5.69 Å². The van der Waals surface area contributed by atoms with Gasteiger partial charge in [-0.15, -0.1) is 0 Å². The highest BCUT2D eigenvalue weighted by Gasteiger charge is 2.36. The summed E-state index contributed by atoms with van der Waals surface area (Å²) in [6, 6.07) is 16.8. The van der Waals surface area contributed by atoms with Crippen LogP contribution in [0.5, 0.6) is 5.75 Å². The van der Waals surface area contributed by atoms with E-state index in [1.165, 1.54) is 0 Å². The Kier molecular flexibility index (Phi) is 7.78. The van der Waals surface area contributed by atoms with E-state index in [-0.39, 0.29) is 11.8 Å². The molecule has 10 nitrogen and oxygen atoms in total. The number of H-pyrrole nitrogens is 1. The second-order valence-corrected chi connectivity index (χ2v) is 12.5. The molecule has 0 spiro atoms. The van der Waals surface area contributed by atoms with Crippen LogP contribution in [0.3, 0.4) is 0 Å². The van der Waals surface area contributed by atoms with Gasteiger partial charge in [-0.2, -0.15) is 0 Å². The number of anilines is 2. The standard InChI is InChI=1S/C32H34BrN5O5/c1-32(2,3)43-30(40)35-21-8-9-24-19(14-21)15-25(36-24)29(39)38-18-20(17-33)28-23-7-5-4-6-22(23)27(16-26(28)38)42-31(41)37-12-10-34-11-13-37/h4-9,14-16,20,34,36H,10-13,17-18H2,1-3H3,(H,35,40)/t20-/m1/s1. The highest BCUT2D eigenvalue weighted by Crippen LogP contribution is 2.46. The number of hydrogen-bond donors (Lipinski definition) is 3. The minimum atomic E-state index is -0.616. The summed E-state index contributed by atoms with van der Waals surface area (Å²) in [5.41, 5.74) is 2.89. The van der Waals surface area contributed by atoms with E-state index in [2.05, 4.69) is 31.5 Å². The average molecular weight is 649 g/mol. The summed E-state index contributed by atoms with van der Waals surface area (Å²) < 4.78 is 11.3. The predicted octanol–water partition coefficient (Wildman–Crippen LogP) is 6.21. The maximum Gasteiger partial charge on any atom is 0.415 e. The van der Waals surface area contributed by atoms with Crippen molar-refractivity contribution in [2.24, 2.45) is 0 Å². The molecule has 1 atom stereocenters. The molecule has 4 aromatic rings. The van der Waals surface area contributed by atoms with Gasteiger partial charge in [0.2, 0.25) is 0 Å². The van der Waals surface area contributed by atoms with Crippen LogP contribution in [0.25, 0.3) is 21.7 Å². The zero-order valence-corrected chi connectivity index (χ0v) is 25.9. The van der Waals surface area contributed by atoms with Crippen LogP contribution in [-0.4, -0.2) is 71.6 Å². The van der Waals surface area contributed by atoms with E-state index in [4.69, 9.17) is 9.47 Å². The summed E-state index contributed by atoms with van der Waals surface area (Å²) in [5, 5.41) is 9.23. The lowest BCUT2D eigenvalue weighted by Crippen LogP contribution is -2.47. The van der Waals surface area contributed by atoms with Crippen molar-refractivity contribution in [3.05, 3.63) is 65.9 Å². The van der Waals surface area contributed by atoms with Gasteiger partial charge in [-0.3, -0.25) is 10.1 Å². The molecule has 0 aliphatic carbocycles. The predicted molar refractivity (Wildman–Crippen MR) is 171 cm³/mol. The summed E-state index contributed by atoms with van der Waals surface area (Å²) in [4.78, 5) is 46.1.